The molecule has 2 heterocycles. The highest BCUT2D eigenvalue weighted by molar-refractivity contribution is 8.00. The summed E-state index contributed by atoms with van der Waals surface area (Å²) in [6.45, 7) is -0.0943. The number of nitrogens with one attached hydrogen (secondary N) is 2. The number of amides is 2. The van der Waals surface area contributed by atoms with Gasteiger partial charge in [-0.1, -0.05) is 59.5 Å². The molecule has 0 bridgehead atoms. The summed E-state index contributed by atoms with van der Waals surface area (Å²) in [5.74, 6) is 0.309. The maximum atomic E-state index is 11.9. The number of hydrogen-bond donors (Lipinski definition) is 2. The Labute approximate surface area is 163 Å². The number of anilines is 1. The first-order valence-corrected chi connectivity index (χ1v) is 10.5. The second kappa shape index (κ2) is 9.46. The molecule has 0 saturated carbocycles. The first kappa shape index (κ1) is 18.6. The number of aromatic nitrogens is 2. The highest BCUT2D eigenvalue weighted by Crippen LogP contribution is 2.29. The van der Waals surface area contributed by atoms with Gasteiger partial charge in [-0.05, 0) is 17.0 Å². The van der Waals surface area contributed by atoms with Crippen molar-refractivity contribution in [2.75, 3.05) is 11.9 Å². The number of thioether (sulfide) groups is 1. The van der Waals surface area contributed by atoms with Crippen molar-refractivity contribution < 1.29 is 9.59 Å². The molecule has 0 aliphatic rings. The largest absolute Gasteiger partial charge is 0.347 e. The summed E-state index contributed by atoms with van der Waals surface area (Å²) in [6, 6.07) is 13.5. The monoisotopic (exact) mass is 404 g/mol. The standard InChI is InChI=1S/C17H16N4O2S3/c22-14(9-12-5-2-1-3-6-12)18-10-15(23)19-16-20-21-17(26-16)25-11-13-7-4-8-24-13/h1-8H,9-11H2,(H,18,22)(H,19,20,23). The Morgan fingerprint density at radius 3 is 2.65 bits per heavy atom. The highest BCUT2D eigenvalue weighted by atomic mass is 32.2. The lowest BCUT2D eigenvalue weighted by atomic mass is 10.1. The Kier molecular flexibility index (Phi) is 6.75. The fourth-order valence-electron chi connectivity index (χ4n) is 2.03. The lowest BCUT2D eigenvalue weighted by Crippen LogP contribution is -2.33. The van der Waals surface area contributed by atoms with Crippen molar-refractivity contribution in [1.29, 1.82) is 0 Å². The third-order valence-electron chi connectivity index (χ3n) is 3.22. The van der Waals surface area contributed by atoms with Crippen LogP contribution in [-0.2, 0) is 21.8 Å². The number of rotatable bonds is 8. The van der Waals surface area contributed by atoms with Crippen LogP contribution in [0.5, 0.6) is 0 Å². The SMILES string of the molecule is O=C(Cc1ccccc1)NCC(=O)Nc1nnc(SCc2cccs2)s1. The zero-order valence-corrected chi connectivity index (χ0v) is 16.1. The van der Waals surface area contributed by atoms with Crippen molar-refractivity contribution in [3.05, 3.63) is 58.3 Å². The van der Waals surface area contributed by atoms with Gasteiger partial charge in [0, 0.05) is 10.6 Å². The summed E-state index contributed by atoms with van der Waals surface area (Å²) >= 11 is 4.60. The summed E-state index contributed by atoms with van der Waals surface area (Å²) < 4.78 is 0.793. The van der Waals surface area contributed by atoms with Crippen molar-refractivity contribution in [3.63, 3.8) is 0 Å². The molecule has 2 amide bonds. The first-order valence-electron chi connectivity index (χ1n) is 7.78. The van der Waals surface area contributed by atoms with Crippen molar-refractivity contribution in [2.24, 2.45) is 0 Å². The normalized spacial score (nSPS) is 10.5. The number of hydrogen-bond acceptors (Lipinski definition) is 7. The second-order valence-electron chi connectivity index (χ2n) is 5.23. The van der Waals surface area contributed by atoms with Crippen LogP contribution in [0.3, 0.4) is 0 Å². The lowest BCUT2D eigenvalue weighted by Gasteiger charge is -2.04. The molecule has 2 N–H and O–H groups in total. The molecule has 6 nitrogen and oxygen atoms in total. The van der Waals surface area contributed by atoms with Gasteiger partial charge in [0.25, 0.3) is 0 Å². The van der Waals surface area contributed by atoms with Crippen molar-refractivity contribution in [2.45, 2.75) is 16.5 Å². The number of benzene rings is 1. The predicted octanol–water partition coefficient (Wildman–Crippen LogP) is 3.19. The second-order valence-corrected chi connectivity index (χ2v) is 8.46. The predicted molar refractivity (Wildman–Crippen MR) is 106 cm³/mol. The van der Waals surface area contributed by atoms with Crippen LogP contribution < -0.4 is 10.6 Å². The summed E-state index contributed by atoms with van der Waals surface area (Å²) in [6.07, 6.45) is 0.246. The molecule has 1 aromatic carbocycles. The van der Waals surface area contributed by atoms with E-state index in [1.165, 1.54) is 16.2 Å². The van der Waals surface area contributed by atoms with E-state index in [1.54, 1.807) is 23.1 Å². The molecule has 0 saturated heterocycles. The number of carbonyl (C=O) groups excluding carboxylic acids is 2. The van der Waals surface area contributed by atoms with Crippen LogP contribution in [0.1, 0.15) is 10.4 Å². The van der Waals surface area contributed by atoms with Gasteiger partial charge in [0.1, 0.15) is 0 Å². The minimum atomic E-state index is -0.322. The fourth-order valence-corrected chi connectivity index (χ4v) is 4.57. The van der Waals surface area contributed by atoms with E-state index in [4.69, 9.17) is 0 Å². The van der Waals surface area contributed by atoms with E-state index in [-0.39, 0.29) is 24.8 Å². The molecule has 2 aromatic heterocycles. The Hall–Kier alpha value is -2.23. The Morgan fingerprint density at radius 2 is 1.88 bits per heavy atom. The Balaban J connectivity index is 1.40. The Bertz CT molecular complexity index is 850. The molecular formula is C17H16N4O2S3. The minimum absolute atomic E-state index is 0.0943. The topological polar surface area (TPSA) is 84.0 Å². The van der Waals surface area contributed by atoms with Gasteiger partial charge in [-0.2, -0.15) is 0 Å². The van der Waals surface area contributed by atoms with Crippen molar-refractivity contribution >= 4 is 51.4 Å². The van der Waals surface area contributed by atoms with Crippen LogP contribution in [0, 0.1) is 0 Å². The summed E-state index contributed by atoms with van der Waals surface area (Å²) in [7, 11) is 0. The molecule has 0 aliphatic carbocycles. The van der Waals surface area contributed by atoms with E-state index in [9.17, 15) is 9.59 Å². The van der Waals surface area contributed by atoms with Crippen LogP contribution in [-0.4, -0.2) is 28.6 Å². The van der Waals surface area contributed by atoms with Gasteiger partial charge < -0.3 is 5.32 Å². The van der Waals surface area contributed by atoms with E-state index in [0.717, 1.165) is 15.7 Å². The van der Waals surface area contributed by atoms with Gasteiger partial charge >= 0.3 is 0 Å². The number of thiophene rings is 1. The van der Waals surface area contributed by atoms with E-state index < -0.39 is 0 Å². The van der Waals surface area contributed by atoms with Crippen LogP contribution in [0.4, 0.5) is 5.13 Å². The lowest BCUT2D eigenvalue weighted by molar-refractivity contribution is -0.123. The van der Waals surface area contributed by atoms with Gasteiger partial charge in [-0.3, -0.25) is 14.9 Å². The average molecular weight is 405 g/mol. The maximum absolute atomic E-state index is 11.9. The molecule has 3 rings (SSSR count). The zero-order chi connectivity index (χ0) is 18.2. The smallest absolute Gasteiger partial charge is 0.245 e. The molecular weight excluding hydrogens is 388 g/mol. The van der Waals surface area contributed by atoms with Crippen LogP contribution in [0.25, 0.3) is 0 Å². The third-order valence-corrected chi connectivity index (χ3v) is 6.30. The molecule has 0 unspecified atom stereocenters. The Morgan fingerprint density at radius 1 is 1.04 bits per heavy atom. The molecule has 3 aromatic rings. The summed E-state index contributed by atoms with van der Waals surface area (Å²) in [4.78, 5) is 25.0. The minimum Gasteiger partial charge on any atom is -0.347 e. The number of nitrogens with zero attached hydrogens (tertiary/aromatic N) is 2. The van der Waals surface area contributed by atoms with E-state index in [1.807, 2.05) is 41.8 Å². The molecule has 0 radical (unpaired) electrons. The van der Waals surface area contributed by atoms with Crippen molar-refractivity contribution in [3.8, 4) is 0 Å². The molecule has 0 aliphatic heterocycles. The van der Waals surface area contributed by atoms with Crippen molar-refractivity contribution in [1.82, 2.24) is 15.5 Å². The zero-order valence-electron chi connectivity index (χ0n) is 13.7. The van der Waals surface area contributed by atoms with E-state index in [0.29, 0.717) is 5.13 Å². The molecule has 9 heteroatoms. The van der Waals surface area contributed by atoms with Gasteiger partial charge in [0.2, 0.25) is 16.9 Å². The maximum Gasteiger partial charge on any atom is 0.245 e. The molecule has 134 valence electrons. The molecule has 26 heavy (non-hydrogen) atoms. The average Bonchev–Trinajstić information content (AvgIpc) is 3.31. The first-order chi connectivity index (χ1) is 12.7. The highest BCUT2D eigenvalue weighted by Gasteiger charge is 2.10. The molecule has 0 atom stereocenters. The van der Waals surface area contributed by atoms with Crippen LogP contribution in [0.2, 0.25) is 0 Å². The quantitative estimate of drug-likeness (QED) is 0.445. The van der Waals surface area contributed by atoms with Gasteiger partial charge in [0.05, 0.1) is 13.0 Å². The van der Waals surface area contributed by atoms with Gasteiger partial charge in [-0.15, -0.1) is 21.5 Å². The van der Waals surface area contributed by atoms with E-state index in [2.05, 4.69) is 26.9 Å². The molecule has 0 spiro atoms. The van der Waals surface area contributed by atoms with Gasteiger partial charge in [0.15, 0.2) is 4.34 Å². The summed E-state index contributed by atoms with van der Waals surface area (Å²) in [5.41, 5.74) is 0.905. The van der Waals surface area contributed by atoms with Crippen LogP contribution >= 0.6 is 34.4 Å². The van der Waals surface area contributed by atoms with E-state index >= 15 is 0 Å². The fraction of sp³-hybridized carbons (Fsp3) is 0.176. The third kappa shape index (κ3) is 5.94. The van der Waals surface area contributed by atoms with Crippen LogP contribution in [0.15, 0.2) is 52.2 Å². The molecule has 0 fully saturated rings. The van der Waals surface area contributed by atoms with Gasteiger partial charge in [-0.25, -0.2) is 0 Å². The summed E-state index contributed by atoms with van der Waals surface area (Å²) in [5, 5.41) is 15.7. The number of carbonyl (C=O) groups is 2.